The summed E-state index contributed by atoms with van der Waals surface area (Å²) in [6.07, 6.45) is -3.70. The zero-order valence-corrected chi connectivity index (χ0v) is 17.6. The molecule has 1 fully saturated rings. The highest BCUT2D eigenvalue weighted by Crippen LogP contribution is 2.39. The Labute approximate surface area is 185 Å². The molecule has 2 aromatic rings. The highest BCUT2D eigenvalue weighted by molar-refractivity contribution is 5.75. The van der Waals surface area contributed by atoms with Crippen LogP contribution in [0.4, 0.5) is 0 Å². The van der Waals surface area contributed by atoms with Gasteiger partial charge in [-0.15, -0.1) is 0 Å². The van der Waals surface area contributed by atoms with Gasteiger partial charge < -0.3 is 39.4 Å². The van der Waals surface area contributed by atoms with Crippen LogP contribution in [-0.4, -0.2) is 72.0 Å². The molecule has 1 saturated heterocycles. The van der Waals surface area contributed by atoms with Crippen molar-refractivity contribution in [1.82, 2.24) is 0 Å². The van der Waals surface area contributed by atoms with Gasteiger partial charge in [-0.05, 0) is 23.8 Å². The Hall–Kier alpha value is -3.13. The fourth-order valence-corrected chi connectivity index (χ4v) is 3.30. The third kappa shape index (κ3) is 5.02. The van der Waals surface area contributed by atoms with Gasteiger partial charge in [0.2, 0.25) is 6.29 Å². The van der Waals surface area contributed by atoms with E-state index in [2.05, 4.69) is 6.07 Å². The monoisotopic (exact) mass is 443 g/mol. The molecule has 0 bridgehead atoms. The normalized spacial score (nSPS) is 25.3. The van der Waals surface area contributed by atoms with Crippen molar-refractivity contribution in [2.45, 2.75) is 30.7 Å². The predicted molar refractivity (Wildman–Crippen MR) is 114 cm³/mol. The Morgan fingerprint density at radius 3 is 2.47 bits per heavy atom. The van der Waals surface area contributed by atoms with E-state index in [-0.39, 0.29) is 11.5 Å². The summed E-state index contributed by atoms with van der Waals surface area (Å²) in [5.41, 5.74) is 1.78. The van der Waals surface area contributed by atoms with E-state index >= 15 is 0 Å². The second-order valence-electron chi connectivity index (χ2n) is 7.13. The Morgan fingerprint density at radius 2 is 1.81 bits per heavy atom. The summed E-state index contributed by atoms with van der Waals surface area (Å²) in [5.74, 6) is 0.936. The van der Waals surface area contributed by atoms with Crippen molar-refractivity contribution in [3.63, 3.8) is 0 Å². The molecule has 170 valence electrons. The van der Waals surface area contributed by atoms with Crippen LogP contribution in [0, 0.1) is 11.3 Å². The zero-order valence-electron chi connectivity index (χ0n) is 17.6. The van der Waals surface area contributed by atoms with Gasteiger partial charge in [0, 0.05) is 11.6 Å². The predicted octanol–water partition coefficient (Wildman–Crippen LogP) is 0.925. The van der Waals surface area contributed by atoms with Gasteiger partial charge >= 0.3 is 0 Å². The fourth-order valence-electron chi connectivity index (χ4n) is 3.30. The minimum absolute atomic E-state index is 0.185. The molecule has 0 aliphatic carbocycles. The van der Waals surface area contributed by atoms with Gasteiger partial charge in [0.15, 0.2) is 11.5 Å². The topological polar surface area (TPSA) is 142 Å². The number of hydrogen-bond donors (Lipinski definition) is 4. The average Bonchev–Trinajstić information content (AvgIpc) is 2.83. The van der Waals surface area contributed by atoms with Gasteiger partial charge in [-0.3, -0.25) is 0 Å². The van der Waals surface area contributed by atoms with Crippen LogP contribution >= 0.6 is 0 Å². The van der Waals surface area contributed by atoms with Gasteiger partial charge in [-0.1, -0.05) is 24.3 Å². The van der Waals surface area contributed by atoms with Crippen molar-refractivity contribution in [3.8, 4) is 23.3 Å². The van der Waals surface area contributed by atoms with Crippen molar-refractivity contribution in [1.29, 1.82) is 5.26 Å². The van der Waals surface area contributed by atoms with E-state index in [4.69, 9.17) is 24.2 Å². The Bertz CT molecular complexity index is 1000. The standard InChI is InChI=1S/C23H25NO8/c1-29-16-9-15(7-6-13-4-3-5-14(8-13)11-24)22(17(10-16)30-2)32-23-21(28)20(27)19(26)18(12-25)31-23/h3-10,18-21,23,25-28H,12H2,1-2H3/b7-6+/t18-,19-,20+,21-,23?/m1/s1. The lowest BCUT2D eigenvalue weighted by Crippen LogP contribution is -2.60. The molecule has 0 amide bonds. The number of rotatable bonds is 7. The van der Waals surface area contributed by atoms with Gasteiger partial charge in [0.05, 0.1) is 32.5 Å². The van der Waals surface area contributed by atoms with Crippen LogP contribution in [-0.2, 0) is 4.74 Å². The van der Waals surface area contributed by atoms with Gasteiger partial charge in [0.1, 0.15) is 30.2 Å². The molecule has 1 unspecified atom stereocenters. The molecule has 2 aromatic carbocycles. The van der Waals surface area contributed by atoms with Gasteiger partial charge in [0.25, 0.3) is 0 Å². The maximum Gasteiger partial charge on any atom is 0.229 e. The first kappa shape index (κ1) is 23.5. The first-order valence-corrected chi connectivity index (χ1v) is 9.83. The maximum atomic E-state index is 10.3. The van der Waals surface area contributed by atoms with Crippen molar-refractivity contribution >= 4 is 12.2 Å². The lowest BCUT2D eigenvalue weighted by atomic mass is 9.99. The number of nitrogens with zero attached hydrogens (tertiary/aromatic N) is 1. The van der Waals surface area contributed by atoms with Crippen LogP contribution < -0.4 is 14.2 Å². The molecule has 32 heavy (non-hydrogen) atoms. The largest absolute Gasteiger partial charge is 0.497 e. The van der Waals surface area contributed by atoms with Crippen molar-refractivity contribution < 1.29 is 39.4 Å². The molecule has 9 nitrogen and oxygen atoms in total. The van der Waals surface area contributed by atoms with E-state index < -0.39 is 37.3 Å². The minimum Gasteiger partial charge on any atom is -0.497 e. The van der Waals surface area contributed by atoms with Gasteiger partial charge in [-0.2, -0.15) is 5.26 Å². The number of nitriles is 1. The summed E-state index contributed by atoms with van der Waals surface area (Å²) >= 11 is 0. The molecule has 0 saturated carbocycles. The minimum atomic E-state index is -1.58. The molecule has 0 spiro atoms. The number of aliphatic hydroxyl groups is 4. The van der Waals surface area contributed by atoms with E-state index in [1.165, 1.54) is 14.2 Å². The molecule has 9 heteroatoms. The van der Waals surface area contributed by atoms with Crippen LogP contribution in [0.3, 0.4) is 0 Å². The first-order valence-electron chi connectivity index (χ1n) is 9.83. The van der Waals surface area contributed by atoms with Crippen LogP contribution in [0.15, 0.2) is 36.4 Å². The van der Waals surface area contributed by atoms with Crippen molar-refractivity contribution in [3.05, 3.63) is 53.1 Å². The molecule has 0 radical (unpaired) electrons. The number of ether oxygens (including phenoxy) is 4. The van der Waals surface area contributed by atoms with Crippen LogP contribution in [0.2, 0.25) is 0 Å². The summed E-state index contributed by atoms with van der Waals surface area (Å²) in [5, 5.41) is 48.9. The van der Waals surface area contributed by atoms with E-state index in [0.29, 0.717) is 16.9 Å². The summed E-state index contributed by atoms with van der Waals surface area (Å²) < 4.78 is 22.1. The highest BCUT2D eigenvalue weighted by Gasteiger charge is 2.45. The third-order valence-corrected chi connectivity index (χ3v) is 5.07. The van der Waals surface area contributed by atoms with Crippen molar-refractivity contribution in [2.75, 3.05) is 20.8 Å². The molecule has 1 aliphatic heterocycles. The molecule has 0 aromatic heterocycles. The molecule has 3 rings (SSSR count). The molecule has 4 N–H and O–H groups in total. The molecular formula is C23H25NO8. The average molecular weight is 443 g/mol. The van der Waals surface area contributed by atoms with Crippen LogP contribution in [0.25, 0.3) is 12.2 Å². The number of aliphatic hydroxyl groups excluding tert-OH is 4. The fraction of sp³-hybridized carbons (Fsp3) is 0.348. The van der Waals surface area contributed by atoms with Crippen molar-refractivity contribution in [2.24, 2.45) is 0 Å². The summed E-state index contributed by atoms with van der Waals surface area (Å²) in [6.45, 7) is -0.577. The molecule has 5 atom stereocenters. The Kier molecular flexibility index (Phi) is 7.69. The van der Waals surface area contributed by atoms with E-state index in [1.54, 1.807) is 42.5 Å². The summed E-state index contributed by atoms with van der Waals surface area (Å²) in [4.78, 5) is 0. The van der Waals surface area contributed by atoms with Gasteiger partial charge in [-0.25, -0.2) is 0 Å². The number of methoxy groups -OCH3 is 2. The Balaban J connectivity index is 1.99. The second kappa shape index (κ2) is 10.5. The lowest BCUT2D eigenvalue weighted by molar-refractivity contribution is -0.277. The smallest absolute Gasteiger partial charge is 0.229 e. The zero-order chi connectivity index (χ0) is 23.3. The number of hydrogen-bond acceptors (Lipinski definition) is 9. The first-order chi connectivity index (χ1) is 15.4. The lowest BCUT2D eigenvalue weighted by Gasteiger charge is -2.39. The van der Waals surface area contributed by atoms with E-state index in [0.717, 1.165) is 5.56 Å². The van der Waals surface area contributed by atoms with E-state index in [9.17, 15) is 20.4 Å². The SMILES string of the molecule is COc1cc(/C=C/c2cccc(C#N)c2)c(OC2O[C@H](CO)[C@@H](O)[C@H](O)[C@H]2O)c(OC)c1. The van der Waals surface area contributed by atoms with Crippen LogP contribution in [0.1, 0.15) is 16.7 Å². The Morgan fingerprint density at radius 1 is 1.03 bits per heavy atom. The number of benzene rings is 2. The summed E-state index contributed by atoms with van der Waals surface area (Å²) in [6, 6.07) is 12.3. The maximum absolute atomic E-state index is 10.3. The van der Waals surface area contributed by atoms with E-state index in [1.807, 2.05) is 6.07 Å². The molecule has 1 aliphatic rings. The second-order valence-corrected chi connectivity index (χ2v) is 7.13. The molecular weight excluding hydrogens is 418 g/mol. The highest BCUT2D eigenvalue weighted by atomic mass is 16.7. The van der Waals surface area contributed by atoms with Crippen LogP contribution in [0.5, 0.6) is 17.2 Å². The quantitative estimate of drug-likeness (QED) is 0.460. The summed E-state index contributed by atoms with van der Waals surface area (Å²) in [7, 11) is 2.93. The third-order valence-electron chi connectivity index (χ3n) is 5.07. The molecule has 1 heterocycles.